The molecule has 2 aromatic rings. The Bertz CT molecular complexity index is 893. The molecule has 170 valence electrons. The van der Waals surface area contributed by atoms with Crippen LogP contribution in [0.2, 0.25) is 0 Å². The summed E-state index contributed by atoms with van der Waals surface area (Å²) in [5.41, 5.74) is 9.75. The SMILES string of the molecule is Cc1ccc(C2[C@H](O)[C@H](O)[C@H](O)C[SH]2C)cc1Cc1ccc(OCCNC(=N)N)cc1. The lowest BCUT2D eigenvalue weighted by Gasteiger charge is -2.42. The van der Waals surface area contributed by atoms with Crippen LogP contribution in [0.25, 0.3) is 0 Å². The minimum atomic E-state index is -1.10. The van der Waals surface area contributed by atoms with Crippen molar-refractivity contribution in [2.75, 3.05) is 25.2 Å². The van der Waals surface area contributed by atoms with E-state index in [1.807, 2.05) is 30.3 Å². The summed E-state index contributed by atoms with van der Waals surface area (Å²) in [6.07, 6.45) is -0.0912. The summed E-state index contributed by atoms with van der Waals surface area (Å²) < 4.78 is 5.64. The van der Waals surface area contributed by atoms with Crippen molar-refractivity contribution in [2.24, 2.45) is 5.73 Å². The Labute approximate surface area is 186 Å². The molecule has 1 saturated heterocycles. The van der Waals surface area contributed by atoms with E-state index in [0.29, 0.717) is 18.9 Å². The topological polar surface area (TPSA) is 132 Å². The van der Waals surface area contributed by atoms with E-state index >= 15 is 0 Å². The highest BCUT2D eigenvalue weighted by Gasteiger charge is 2.40. The van der Waals surface area contributed by atoms with Crippen molar-refractivity contribution in [1.29, 1.82) is 5.41 Å². The van der Waals surface area contributed by atoms with Crippen LogP contribution in [-0.2, 0) is 6.42 Å². The molecule has 0 aliphatic carbocycles. The molecule has 8 heteroatoms. The zero-order chi connectivity index (χ0) is 22.5. The molecule has 3 rings (SSSR count). The quantitative estimate of drug-likeness (QED) is 0.148. The molecular weight excluding hydrogens is 414 g/mol. The average molecular weight is 448 g/mol. The van der Waals surface area contributed by atoms with Gasteiger partial charge in [0.15, 0.2) is 5.96 Å². The van der Waals surface area contributed by atoms with Gasteiger partial charge in [0.25, 0.3) is 0 Å². The molecule has 1 aliphatic heterocycles. The normalized spacial score (nSPS) is 26.9. The highest BCUT2D eigenvalue weighted by Crippen LogP contribution is 2.48. The molecular formula is C23H33N3O4S. The second-order valence-electron chi connectivity index (χ2n) is 8.13. The maximum absolute atomic E-state index is 10.6. The Hall–Kier alpha value is -2.26. The van der Waals surface area contributed by atoms with Crippen molar-refractivity contribution in [3.63, 3.8) is 0 Å². The second kappa shape index (κ2) is 10.4. The molecule has 0 spiro atoms. The molecule has 2 aromatic carbocycles. The van der Waals surface area contributed by atoms with E-state index in [1.165, 1.54) is 11.1 Å². The summed E-state index contributed by atoms with van der Waals surface area (Å²) in [7, 11) is -0.637. The van der Waals surface area contributed by atoms with Gasteiger partial charge in [0.05, 0.1) is 18.8 Å². The van der Waals surface area contributed by atoms with Gasteiger partial charge in [-0.3, -0.25) is 5.41 Å². The van der Waals surface area contributed by atoms with Crippen molar-refractivity contribution in [2.45, 2.75) is 36.9 Å². The van der Waals surface area contributed by atoms with Gasteiger partial charge in [-0.2, -0.15) is 0 Å². The third kappa shape index (κ3) is 5.92. The molecule has 7 N–H and O–H groups in total. The highest BCUT2D eigenvalue weighted by molar-refractivity contribution is 8.16. The van der Waals surface area contributed by atoms with Gasteiger partial charge in [0.1, 0.15) is 18.5 Å². The summed E-state index contributed by atoms with van der Waals surface area (Å²) in [6.45, 7) is 2.97. The number of nitrogens with two attached hydrogens (primary N) is 1. The maximum atomic E-state index is 10.6. The van der Waals surface area contributed by atoms with Crippen LogP contribution >= 0.6 is 10.9 Å². The van der Waals surface area contributed by atoms with Gasteiger partial charge in [0, 0.05) is 11.0 Å². The van der Waals surface area contributed by atoms with E-state index in [-0.39, 0.29) is 11.2 Å². The minimum absolute atomic E-state index is 0.0707. The van der Waals surface area contributed by atoms with Gasteiger partial charge in [-0.25, -0.2) is 10.9 Å². The molecule has 0 bridgehead atoms. The molecule has 0 aromatic heterocycles. The summed E-state index contributed by atoms with van der Waals surface area (Å²) in [6, 6.07) is 14.1. The van der Waals surface area contributed by atoms with Crippen LogP contribution in [0.15, 0.2) is 42.5 Å². The Morgan fingerprint density at radius 3 is 2.55 bits per heavy atom. The average Bonchev–Trinajstić information content (AvgIpc) is 2.73. The number of aryl methyl sites for hydroxylation is 1. The Balaban J connectivity index is 1.69. The standard InChI is InChI=1S/C23H33N3O4S/c1-14-3-6-16(22-21(29)20(28)19(27)13-31(22)2)12-17(14)11-15-4-7-18(8-5-15)30-10-9-26-23(24)25/h3-8,12,19-22,27-29,31H,9-11,13H2,1-2H3,(H4,24,25,26)/t19-,20-,21-,22?/m1/s1. The van der Waals surface area contributed by atoms with Crippen molar-refractivity contribution in [3.05, 3.63) is 64.7 Å². The lowest BCUT2D eigenvalue weighted by atomic mass is 9.94. The predicted molar refractivity (Wildman–Crippen MR) is 126 cm³/mol. The highest BCUT2D eigenvalue weighted by atomic mass is 32.2. The van der Waals surface area contributed by atoms with Crippen LogP contribution in [0, 0.1) is 12.3 Å². The zero-order valence-corrected chi connectivity index (χ0v) is 18.8. The van der Waals surface area contributed by atoms with Crippen molar-refractivity contribution < 1.29 is 20.1 Å². The van der Waals surface area contributed by atoms with Crippen LogP contribution in [0.5, 0.6) is 5.75 Å². The summed E-state index contributed by atoms with van der Waals surface area (Å²) in [4.78, 5) is 0. The number of hydrogen-bond acceptors (Lipinski definition) is 5. The zero-order valence-electron chi connectivity index (χ0n) is 18.0. The van der Waals surface area contributed by atoms with Crippen LogP contribution < -0.4 is 15.8 Å². The van der Waals surface area contributed by atoms with E-state index in [9.17, 15) is 15.3 Å². The van der Waals surface area contributed by atoms with Gasteiger partial charge in [-0.15, -0.1) is 0 Å². The number of guanidine groups is 1. The Kier molecular flexibility index (Phi) is 7.83. The first-order valence-electron chi connectivity index (χ1n) is 10.4. The summed E-state index contributed by atoms with van der Waals surface area (Å²) in [5, 5.41) is 40.4. The molecule has 0 amide bonds. The van der Waals surface area contributed by atoms with Gasteiger partial charge in [0.2, 0.25) is 0 Å². The van der Waals surface area contributed by atoms with E-state index in [1.54, 1.807) is 0 Å². The lowest BCUT2D eigenvalue weighted by molar-refractivity contribution is -0.0561. The predicted octanol–water partition coefficient (Wildman–Crippen LogP) is 1.22. The monoisotopic (exact) mass is 447 g/mol. The number of ether oxygens (including phenoxy) is 1. The molecule has 31 heavy (non-hydrogen) atoms. The molecule has 0 radical (unpaired) electrons. The van der Waals surface area contributed by atoms with Gasteiger partial charge >= 0.3 is 0 Å². The fraction of sp³-hybridized carbons (Fsp3) is 0.435. The van der Waals surface area contributed by atoms with Crippen LogP contribution in [0.3, 0.4) is 0 Å². The molecule has 2 unspecified atom stereocenters. The first-order chi connectivity index (χ1) is 14.8. The van der Waals surface area contributed by atoms with Crippen molar-refractivity contribution in [3.8, 4) is 5.75 Å². The smallest absolute Gasteiger partial charge is 0.185 e. The minimum Gasteiger partial charge on any atom is -0.492 e. The first kappa shape index (κ1) is 23.4. The largest absolute Gasteiger partial charge is 0.492 e. The summed E-state index contributed by atoms with van der Waals surface area (Å²) in [5.74, 6) is 1.22. The number of benzene rings is 2. The molecule has 1 aliphatic rings. The Morgan fingerprint density at radius 1 is 1.16 bits per heavy atom. The number of hydrogen-bond donors (Lipinski definition) is 7. The van der Waals surface area contributed by atoms with Crippen LogP contribution in [0.1, 0.15) is 27.5 Å². The molecule has 7 nitrogen and oxygen atoms in total. The van der Waals surface area contributed by atoms with Crippen molar-refractivity contribution in [1.82, 2.24) is 5.32 Å². The van der Waals surface area contributed by atoms with E-state index in [4.69, 9.17) is 15.9 Å². The number of thiol groups is 1. The molecule has 1 fully saturated rings. The third-order valence-corrected chi connectivity index (χ3v) is 8.24. The van der Waals surface area contributed by atoms with E-state index < -0.39 is 29.2 Å². The molecule has 0 saturated carbocycles. The Morgan fingerprint density at radius 2 is 1.87 bits per heavy atom. The third-order valence-electron chi connectivity index (χ3n) is 5.74. The van der Waals surface area contributed by atoms with Crippen LogP contribution in [0.4, 0.5) is 0 Å². The lowest BCUT2D eigenvalue weighted by Crippen LogP contribution is -2.47. The van der Waals surface area contributed by atoms with E-state index in [0.717, 1.165) is 23.3 Å². The summed E-state index contributed by atoms with van der Waals surface area (Å²) >= 11 is 0. The number of aliphatic hydroxyl groups is 3. The molecule has 5 atom stereocenters. The van der Waals surface area contributed by atoms with Gasteiger partial charge in [-0.1, -0.05) is 30.3 Å². The second-order valence-corrected chi connectivity index (χ2v) is 10.6. The van der Waals surface area contributed by atoms with Crippen LogP contribution in [-0.4, -0.2) is 64.8 Å². The number of rotatable bonds is 7. The van der Waals surface area contributed by atoms with E-state index in [2.05, 4.69) is 30.6 Å². The number of nitrogens with one attached hydrogen (secondary N) is 2. The van der Waals surface area contributed by atoms with Gasteiger partial charge in [-0.05, 0) is 54.0 Å². The molecule has 1 heterocycles. The van der Waals surface area contributed by atoms with Crippen molar-refractivity contribution >= 4 is 16.9 Å². The van der Waals surface area contributed by atoms with Gasteiger partial charge < -0.3 is 31.1 Å². The first-order valence-corrected chi connectivity index (χ1v) is 12.4. The fourth-order valence-electron chi connectivity index (χ4n) is 3.99. The number of aliphatic hydroxyl groups excluding tert-OH is 3. The fourth-order valence-corrected chi connectivity index (χ4v) is 6.39. The maximum Gasteiger partial charge on any atom is 0.185 e.